The Kier molecular flexibility index (Phi) is 6.08. The van der Waals surface area contributed by atoms with Gasteiger partial charge in [0.05, 0.1) is 30.7 Å². The number of benzene rings is 1. The van der Waals surface area contributed by atoms with Gasteiger partial charge in [0.15, 0.2) is 23.6 Å². The predicted octanol–water partition coefficient (Wildman–Crippen LogP) is 3.06. The van der Waals surface area contributed by atoms with Crippen molar-refractivity contribution in [2.75, 3.05) is 24.5 Å². The number of aromatic nitrogens is 4. The van der Waals surface area contributed by atoms with Gasteiger partial charge < -0.3 is 14.5 Å². The number of halogens is 3. The van der Waals surface area contributed by atoms with E-state index in [4.69, 9.17) is 14.7 Å². The van der Waals surface area contributed by atoms with Crippen molar-refractivity contribution in [1.29, 1.82) is 0 Å². The van der Waals surface area contributed by atoms with E-state index in [1.54, 1.807) is 22.8 Å². The van der Waals surface area contributed by atoms with Gasteiger partial charge in [-0.3, -0.25) is 9.48 Å². The average molecular weight is 486 g/mol. The average Bonchev–Trinajstić information content (AvgIpc) is 3.26. The van der Waals surface area contributed by atoms with Crippen LogP contribution >= 0.6 is 0 Å². The van der Waals surface area contributed by atoms with E-state index in [2.05, 4.69) is 5.10 Å². The molecule has 4 heterocycles. The molecule has 0 radical (unpaired) electrons. The van der Waals surface area contributed by atoms with Crippen LogP contribution in [0.2, 0.25) is 0 Å². The van der Waals surface area contributed by atoms with Crippen molar-refractivity contribution in [3.05, 3.63) is 53.6 Å². The second kappa shape index (κ2) is 9.20. The van der Waals surface area contributed by atoms with Gasteiger partial charge in [-0.05, 0) is 12.1 Å². The number of hydrogen-bond acceptors (Lipinski definition) is 6. The highest BCUT2D eigenvalue weighted by atomic mass is 19.1. The number of fused-ring (bicyclic) bond motifs is 1. The molecule has 5 rings (SSSR count). The molecule has 1 amide bonds. The van der Waals surface area contributed by atoms with Crippen LogP contribution in [0.5, 0.6) is 5.75 Å². The Balaban J connectivity index is 1.42. The SMILES string of the molecule is CC(=O)N1CCc2nc(N3CC[C@H](Oc4ccc(F)cc4F)[C@@H](F)C3)c(-c3cnn(C)c3)nc2C1. The van der Waals surface area contributed by atoms with Gasteiger partial charge in [-0.25, -0.2) is 23.1 Å². The summed E-state index contributed by atoms with van der Waals surface area (Å²) in [5.41, 5.74) is 2.81. The first-order valence-electron chi connectivity index (χ1n) is 11.4. The number of hydrogen-bond donors (Lipinski definition) is 0. The summed E-state index contributed by atoms with van der Waals surface area (Å²) >= 11 is 0. The molecule has 0 bridgehead atoms. The van der Waals surface area contributed by atoms with Crippen LogP contribution in [0.25, 0.3) is 11.3 Å². The van der Waals surface area contributed by atoms with Crippen molar-refractivity contribution in [2.24, 2.45) is 7.05 Å². The molecule has 1 aromatic carbocycles. The number of ether oxygens (including phenoxy) is 1. The predicted molar refractivity (Wildman–Crippen MR) is 122 cm³/mol. The summed E-state index contributed by atoms with van der Waals surface area (Å²) in [6.07, 6.45) is 2.02. The van der Waals surface area contributed by atoms with Crippen molar-refractivity contribution < 1.29 is 22.7 Å². The molecule has 2 aliphatic heterocycles. The first kappa shape index (κ1) is 23.1. The Labute approximate surface area is 200 Å². The number of anilines is 1. The van der Waals surface area contributed by atoms with Crippen LogP contribution in [0.15, 0.2) is 30.6 Å². The number of aryl methyl sites for hydroxylation is 1. The fraction of sp³-hybridized carbons (Fsp3) is 0.417. The largest absolute Gasteiger partial charge is 0.484 e. The summed E-state index contributed by atoms with van der Waals surface area (Å²) in [6, 6.07) is 2.97. The minimum absolute atomic E-state index is 0.0201. The lowest BCUT2D eigenvalue weighted by atomic mass is 10.0. The molecule has 0 aliphatic carbocycles. The topological polar surface area (TPSA) is 76.4 Å². The molecule has 2 atom stereocenters. The highest BCUT2D eigenvalue weighted by molar-refractivity contribution is 5.74. The van der Waals surface area contributed by atoms with E-state index >= 15 is 4.39 Å². The molecule has 0 N–H and O–H groups in total. The zero-order valence-corrected chi connectivity index (χ0v) is 19.4. The minimum atomic E-state index is -1.43. The highest BCUT2D eigenvalue weighted by Gasteiger charge is 2.34. The molecular formula is C24H25F3N6O2. The normalized spacial score (nSPS) is 20.0. The third-order valence-corrected chi connectivity index (χ3v) is 6.37. The summed E-state index contributed by atoms with van der Waals surface area (Å²) in [5.74, 6) is -1.24. The molecule has 0 saturated carbocycles. The quantitative estimate of drug-likeness (QED) is 0.564. The van der Waals surface area contributed by atoms with Crippen LogP contribution in [0.1, 0.15) is 24.7 Å². The summed E-state index contributed by atoms with van der Waals surface area (Å²) in [7, 11) is 1.79. The van der Waals surface area contributed by atoms with Gasteiger partial charge in [0.1, 0.15) is 17.6 Å². The van der Waals surface area contributed by atoms with Crippen LogP contribution in [-0.4, -0.2) is 62.5 Å². The Morgan fingerprint density at radius 2 is 2.00 bits per heavy atom. The van der Waals surface area contributed by atoms with Crippen molar-refractivity contribution >= 4 is 11.7 Å². The molecule has 0 spiro atoms. The Morgan fingerprint density at radius 3 is 2.69 bits per heavy atom. The van der Waals surface area contributed by atoms with Crippen molar-refractivity contribution in [2.45, 2.75) is 38.6 Å². The number of nitrogens with zero attached hydrogens (tertiary/aromatic N) is 6. The zero-order valence-electron chi connectivity index (χ0n) is 19.4. The molecule has 11 heteroatoms. The summed E-state index contributed by atoms with van der Waals surface area (Å²) < 4.78 is 49.6. The fourth-order valence-corrected chi connectivity index (χ4v) is 4.49. The van der Waals surface area contributed by atoms with E-state index in [1.807, 2.05) is 11.1 Å². The third-order valence-electron chi connectivity index (χ3n) is 6.37. The number of piperidine rings is 1. The van der Waals surface area contributed by atoms with E-state index in [0.29, 0.717) is 43.6 Å². The lowest BCUT2D eigenvalue weighted by Crippen LogP contribution is -2.48. The van der Waals surface area contributed by atoms with E-state index in [0.717, 1.165) is 23.0 Å². The van der Waals surface area contributed by atoms with Gasteiger partial charge in [0.25, 0.3) is 0 Å². The fourth-order valence-electron chi connectivity index (χ4n) is 4.49. The van der Waals surface area contributed by atoms with Gasteiger partial charge in [-0.1, -0.05) is 0 Å². The van der Waals surface area contributed by atoms with Gasteiger partial charge in [-0.15, -0.1) is 0 Å². The summed E-state index contributed by atoms with van der Waals surface area (Å²) in [4.78, 5) is 25.1. The molecule has 1 fully saturated rings. The standard InChI is InChI=1S/C24H25F3N6O2/c1-14(34)32-7-5-19-20(13-32)29-23(15-10-28-31(2)11-15)24(30-19)33-8-6-22(18(27)12-33)35-21-4-3-16(25)9-17(21)26/h3-4,9-11,18,22H,5-8,12-13H2,1-2H3/t18-,22-/m0/s1. The van der Waals surface area contributed by atoms with Gasteiger partial charge in [0, 0.05) is 57.7 Å². The molecular weight excluding hydrogens is 461 g/mol. The first-order valence-corrected chi connectivity index (χ1v) is 11.4. The van der Waals surface area contributed by atoms with Crippen LogP contribution in [0, 0.1) is 11.6 Å². The van der Waals surface area contributed by atoms with Gasteiger partial charge in [-0.2, -0.15) is 5.10 Å². The lowest BCUT2D eigenvalue weighted by molar-refractivity contribution is -0.129. The molecule has 2 aliphatic rings. The molecule has 35 heavy (non-hydrogen) atoms. The first-order chi connectivity index (χ1) is 16.8. The maximum atomic E-state index is 15.2. The summed E-state index contributed by atoms with van der Waals surface area (Å²) in [6.45, 7) is 2.84. The number of rotatable bonds is 4. The van der Waals surface area contributed by atoms with Crippen molar-refractivity contribution in [3.63, 3.8) is 0 Å². The Bertz CT molecular complexity index is 1270. The van der Waals surface area contributed by atoms with Crippen molar-refractivity contribution in [3.8, 4) is 17.0 Å². The van der Waals surface area contributed by atoms with Crippen LogP contribution < -0.4 is 9.64 Å². The molecule has 0 unspecified atom stereocenters. The summed E-state index contributed by atoms with van der Waals surface area (Å²) in [5, 5.41) is 4.23. The second-order valence-electron chi connectivity index (χ2n) is 8.86. The van der Waals surface area contributed by atoms with Gasteiger partial charge >= 0.3 is 0 Å². The molecule has 8 nitrogen and oxygen atoms in total. The Hall–Kier alpha value is -3.63. The monoisotopic (exact) mass is 486 g/mol. The maximum Gasteiger partial charge on any atom is 0.219 e. The highest BCUT2D eigenvalue weighted by Crippen LogP contribution is 2.33. The second-order valence-corrected chi connectivity index (χ2v) is 8.86. The molecule has 3 aromatic rings. The number of carbonyl (C=O) groups is 1. The molecule has 1 saturated heterocycles. The maximum absolute atomic E-state index is 15.2. The number of carbonyl (C=O) groups excluding carboxylic acids is 1. The minimum Gasteiger partial charge on any atom is -0.484 e. The van der Waals surface area contributed by atoms with Crippen molar-refractivity contribution in [1.82, 2.24) is 24.6 Å². The third kappa shape index (κ3) is 4.67. The smallest absolute Gasteiger partial charge is 0.219 e. The lowest BCUT2D eigenvalue weighted by Gasteiger charge is -2.36. The number of amides is 1. The zero-order chi connectivity index (χ0) is 24.7. The van der Waals surface area contributed by atoms with E-state index in [1.165, 1.54) is 13.0 Å². The van der Waals surface area contributed by atoms with E-state index in [-0.39, 0.29) is 24.6 Å². The molecule has 184 valence electrons. The Morgan fingerprint density at radius 1 is 1.17 bits per heavy atom. The van der Waals surface area contributed by atoms with Crippen LogP contribution in [0.4, 0.5) is 19.0 Å². The van der Waals surface area contributed by atoms with Gasteiger partial charge in [0.2, 0.25) is 5.91 Å². The number of alkyl halides is 1. The van der Waals surface area contributed by atoms with Crippen LogP contribution in [0.3, 0.4) is 0 Å². The van der Waals surface area contributed by atoms with Crippen LogP contribution in [-0.2, 0) is 24.8 Å². The molecule has 2 aromatic heterocycles. The van der Waals surface area contributed by atoms with E-state index < -0.39 is 23.9 Å². The van der Waals surface area contributed by atoms with E-state index in [9.17, 15) is 13.6 Å².